The molecule has 0 fully saturated rings. The highest BCUT2D eigenvalue weighted by Crippen LogP contribution is 2.09. The Kier molecular flexibility index (Phi) is 4.43. The van der Waals surface area contributed by atoms with Crippen LogP contribution in [0.5, 0.6) is 0 Å². The topological polar surface area (TPSA) is 61.3 Å². The van der Waals surface area contributed by atoms with Crippen LogP contribution in [0, 0.1) is 0 Å². The Morgan fingerprint density at radius 3 is 2.79 bits per heavy atom. The number of benzene rings is 1. The number of nitrogen functional groups attached to an aromatic ring is 1. The Balaban J connectivity index is 2.57. The Hall–Kier alpha value is -1.06. The molecule has 3 heteroatoms. The van der Waals surface area contributed by atoms with Gasteiger partial charge in [-0.3, -0.25) is 0 Å². The highest BCUT2D eigenvalue weighted by Gasteiger charge is 2.06. The normalized spacial score (nSPS) is 12.7. The fourth-order valence-electron chi connectivity index (χ4n) is 1.43. The third-order valence-corrected chi connectivity index (χ3v) is 2.08. The van der Waals surface area contributed by atoms with Crippen molar-refractivity contribution in [2.24, 2.45) is 5.73 Å². The number of hydrogen-bond acceptors (Lipinski definition) is 3. The smallest absolute Gasteiger partial charge is 0.0737 e. The summed E-state index contributed by atoms with van der Waals surface area (Å²) in [5.74, 6) is 0. The van der Waals surface area contributed by atoms with E-state index in [0.29, 0.717) is 13.2 Å². The zero-order valence-electron chi connectivity index (χ0n) is 8.57. The molecule has 78 valence electrons. The first-order valence-electron chi connectivity index (χ1n) is 4.92. The summed E-state index contributed by atoms with van der Waals surface area (Å²) in [6.45, 7) is 3.22. The van der Waals surface area contributed by atoms with Crippen molar-refractivity contribution in [1.82, 2.24) is 0 Å². The van der Waals surface area contributed by atoms with E-state index in [0.717, 1.165) is 12.1 Å². The lowest BCUT2D eigenvalue weighted by Crippen LogP contribution is -2.26. The minimum absolute atomic E-state index is 0.0989. The van der Waals surface area contributed by atoms with Crippen LogP contribution in [0.4, 0.5) is 5.69 Å². The van der Waals surface area contributed by atoms with Gasteiger partial charge in [0.25, 0.3) is 0 Å². The maximum Gasteiger partial charge on any atom is 0.0737 e. The molecule has 1 aromatic carbocycles. The molecule has 0 aliphatic carbocycles. The molecular formula is C11H18N2O. The molecule has 0 radical (unpaired) electrons. The number of ether oxygens (including phenoxy) is 1. The van der Waals surface area contributed by atoms with E-state index in [1.54, 1.807) is 0 Å². The van der Waals surface area contributed by atoms with E-state index in [2.05, 4.69) is 0 Å². The molecule has 3 nitrogen and oxygen atoms in total. The first-order chi connectivity index (χ1) is 6.76. The van der Waals surface area contributed by atoms with Gasteiger partial charge in [-0.2, -0.15) is 0 Å². The number of nitrogens with two attached hydrogens (primary N) is 2. The first kappa shape index (κ1) is 11.0. The van der Waals surface area contributed by atoms with Crippen molar-refractivity contribution in [1.29, 1.82) is 0 Å². The summed E-state index contributed by atoms with van der Waals surface area (Å²) in [5, 5.41) is 0. The Morgan fingerprint density at radius 2 is 2.21 bits per heavy atom. The van der Waals surface area contributed by atoms with Gasteiger partial charge in [-0.1, -0.05) is 12.1 Å². The number of hydrogen-bond donors (Lipinski definition) is 2. The molecule has 0 bridgehead atoms. The zero-order chi connectivity index (χ0) is 10.4. The van der Waals surface area contributed by atoms with Crippen molar-refractivity contribution in [3.63, 3.8) is 0 Å². The van der Waals surface area contributed by atoms with Crippen LogP contribution in [0.3, 0.4) is 0 Å². The van der Waals surface area contributed by atoms with Crippen LogP contribution in [-0.4, -0.2) is 19.3 Å². The quantitative estimate of drug-likeness (QED) is 0.692. The van der Waals surface area contributed by atoms with Crippen LogP contribution in [-0.2, 0) is 11.2 Å². The van der Waals surface area contributed by atoms with Gasteiger partial charge in [-0.05, 0) is 31.0 Å². The summed E-state index contributed by atoms with van der Waals surface area (Å²) < 4.78 is 5.47. The van der Waals surface area contributed by atoms with Gasteiger partial charge in [-0.15, -0.1) is 0 Å². The summed E-state index contributed by atoms with van der Waals surface area (Å²) in [6.07, 6.45) is 0.928. The first-order valence-corrected chi connectivity index (χ1v) is 4.92. The second-order valence-corrected chi connectivity index (χ2v) is 3.26. The lowest BCUT2D eigenvalue weighted by molar-refractivity contribution is 0.0695. The minimum Gasteiger partial charge on any atom is -0.399 e. The minimum atomic E-state index is 0.0989. The van der Waals surface area contributed by atoms with Crippen molar-refractivity contribution >= 4 is 5.69 Å². The van der Waals surface area contributed by atoms with Crippen molar-refractivity contribution in [3.05, 3.63) is 29.8 Å². The standard InChI is InChI=1S/C11H18N2O/c1-2-14-11(8-12)7-9-4-3-5-10(13)6-9/h3-6,11H,2,7-8,12-13H2,1H3. The van der Waals surface area contributed by atoms with Crippen LogP contribution in [0.15, 0.2) is 24.3 Å². The van der Waals surface area contributed by atoms with E-state index >= 15 is 0 Å². The SMILES string of the molecule is CCOC(CN)Cc1cccc(N)c1. The molecule has 0 aromatic heterocycles. The average Bonchev–Trinajstić information content (AvgIpc) is 2.17. The molecule has 0 heterocycles. The zero-order valence-corrected chi connectivity index (χ0v) is 8.57. The van der Waals surface area contributed by atoms with Gasteiger partial charge in [0, 0.05) is 18.8 Å². The van der Waals surface area contributed by atoms with Gasteiger partial charge in [0.05, 0.1) is 6.10 Å². The van der Waals surface area contributed by atoms with Crippen LogP contribution in [0.2, 0.25) is 0 Å². The van der Waals surface area contributed by atoms with E-state index in [-0.39, 0.29) is 6.10 Å². The summed E-state index contributed by atoms with van der Waals surface area (Å²) in [5.41, 5.74) is 13.2. The highest BCUT2D eigenvalue weighted by molar-refractivity contribution is 5.40. The predicted molar refractivity (Wildman–Crippen MR) is 59.0 cm³/mol. The van der Waals surface area contributed by atoms with Crippen LogP contribution in [0.1, 0.15) is 12.5 Å². The van der Waals surface area contributed by atoms with Gasteiger partial charge in [0.1, 0.15) is 0 Å². The molecule has 1 aromatic rings. The molecule has 0 aliphatic heterocycles. The van der Waals surface area contributed by atoms with Crippen molar-refractivity contribution in [2.75, 3.05) is 18.9 Å². The highest BCUT2D eigenvalue weighted by atomic mass is 16.5. The third kappa shape index (κ3) is 3.36. The van der Waals surface area contributed by atoms with E-state index in [1.165, 1.54) is 5.56 Å². The van der Waals surface area contributed by atoms with E-state index < -0.39 is 0 Å². The molecule has 0 aliphatic rings. The van der Waals surface area contributed by atoms with Crippen LogP contribution < -0.4 is 11.5 Å². The molecule has 0 spiro atoms. The summed E-state index contributed by atoms with van der Waals surface area (Å²) in [4.78, 5) is 0. The van der Waals surface area contributed by atoms with Gasteiger partial charge < -0.3 is 16.2 Å². The maximum absolute atomic E-state index is 5.68. The molecule has 0 saturated carbocycles. The molecule has 1 rings (SSSR count). The lowest BCUT2D eigenvalue weighted by Gasteiger charge is -2.14. The summed E-state index contributed by atoms with van der Waals surface area (Å²) >= 11 is 0. The van der Waals surface area contributed by atoms with Crippen molar-refractivity contribution in [2.45, 2.75) is 19.4 Å². The predicted octanol–water partition coefficient (Wildman–Crippen LogP) is 1.18. The second kappa shape index (κ2) is 5.62. The molecule has 0 amide bonds. The summed E-state index contributed by atoms with van der Waals surface area (Å²) in [6, 6.07) is 7.82. The fourth-order valence-corrected chi connectivity index (χ4v) is 1.43. The van der Waals surface area contributed by atoms with Gasteiger partial charge in [0.2, 0.25) is 0 Å². The third-order valence-electron chi connectivity index (χ3n) is 2.08. The average molecular weight is 194 g/mol. The van der Waals surface area contributed by atoms with Crippen LogP contribution >= 0.6 is 0 Å². The monoisotopic (exact) mass is 194 g/mol. The molecule has 1 atom stereocenters. The Morgan fingerprint density at radius 1 is 1.43 bits per heavy atom. The molecule has 1 unspecified atom stereocenters. The maximum atomic E-state index is 5.68. The molecule has 0 saturated heterocycles. The van der Waals surface area contributed by atoms with Gasteiger partial charge in [0.15, 0.2) is 0 Å². The Bertz CT molecular complexity index is 276. The molecule has 14 heavy (non-hydrogen) atoms. The number of rotatable bonds is 5. The fraction of sp³-hybridized carbons (Fsp3) is 0.455. The number of anilines is 1. The Labute approximate surface area is 85.0 Å². The van der Waals surface area contributed by atoms with Crippen LogP contribution in [0.25, 0.3) is 0 Å². The van der Waals surface area contributed by atoms with Crippen molar-refractivity contribution in [3.8, 4) is 0 Å². The second-order valence-electron chi connectivity index (χ2n) is 3.26. The van der Waals surface area contributed by atoms with Gasteiger partial charge >= 0.3 is 0 Å². The van der Waals surface area contributed by atoms with E-state index in [1.807, 2.05) is 31.2 Å². The molecular weight excluding hydrogens is 176 g/mol. The largest absolute Gasteiger partial charge is 0.399 e. The lowest BCUT2D eigenvalue weighted by atomic mass is 10.1. The van der Waals surface area contributed by atoms with Crippen molar-refractivity contribution < 1.29 is 4.74 Å². The van der Waals surface area contributed by atoms with E-state index in [4.69, 9.17) is 16.2 Å². The molecule has 4 N–H and O–H groups in total. The van der Waals surface area contributed by atoms with E-state index in [9.17, 15) is 0 Å². The van der Waals surface area contributed by atoms with Gasteiger partial charge in [-0.25, -0.2) is 0 Å². The summed E-state index contributed by atoms with van der Waals surface area (Å²) in [7, 11) is 0.